The molecule has 18 heavy (non-hydrogen) atoms. The molecule has 1 aromatic rings. The summed E-state index contributed by atoms with van der Waals surface area (Å²) in [5, 5.41) is 11.0. The number of amides is 1. The van der Waals surface area contributed by atoms with Crippen LogP contribution in [0.25, 0.3) is 6.08 Å². The lowest BCUT2D eigenvalue weighted by Crippen LogP contribution is -2.37. The monoisotopic (exact) mass is 249 g/mol. The third kappa shape index (κ3) is 3.93. The molecule has 0 aromatic heterocycles. The van der Waals surface area contributed by atoms with Crippen LogP contribution >= 0.6 is 0 Å². The Morgan fingerprint density at radius 1 is 1.39 bits per heavy atom. The van der Waals surface area contributed by atoms with Crippen molar-refractivity contribution in [2.45, 2.75) is 13.0 Å². The summed E-state index contributed by atoms with van der Waals surface area (Å²) >= 11 is 0. The van der Waals surface area contributed by atoms with Gasteiger partial charge in [0.2, 0.25) is 5.91 Å². The maximum atomic E-state index is 11.4. The maximum Gasteiger partial charge on any atom is 0.325 e. The van der Waals surface area contributed by atoms with E-state index >= 15 is 0 Å². The Bertz CT molecular complexity index is 468. The molecule has 0 bridgehead atoms. The fourth-order valence-corrected chi connectivity index (χ4v) is 1.29. The molecule has 5 nitrogen and oxygen atoms in total. The molecule has 0 saturated carbocycles. The fourth-order valence-electron chi connectivity index (χ4n) is 1.29. The number of carboxylic acids is 1. The molecule has 0 fully saturated rings. The Labute approximate surface area is 105 Å². The molecule has 1 rings (SSSR count). The standard InChI is InChI=1S/C13H15NO4/c1-9(13(16)17)14-12(15)8-7-10-5-3-4-6-11(10)18-2/h3-9H,1-2H3,(H,14,15)(H,16,17)/b8-7+/t9-/m1/s1. The van der Waals surface area contributed by atoms with Gasteiger partial charge in [0.05, 0.1) is 7.11 Å². The summed E-state index contributed by atoms with van der Waals surface area (Å²) in [6.45, 7) is 1.40. The molecule has 0 spiro atoms. The lowest BCUT2D eigenvalue weighted by atomic mass is 10.2. The van der Waals surface area contributed by atoms with Gasteiger partial charge in [-0.2, -0.15) is 0 Å². The average molecular weight is 249 g/mol. The van der Waals surface area contributed by atoms with Crippen LogP contribution in [0.4, 0.5) is 0 Å². The van der Waals surface area contributed by atoms with Gasteiger partial charge in [-0.3, -0.25) is 9.59 Å². The summed E-state index contributed by atoms with van der Waals surface area (Å²) in [6, 6.07) is 6.29. The van der Waals surface area contributed by atoms with Crippen LogP contribution in [-0.4, -0.2) is 30.1 Å². The number of hydrogen-bond acceptors (Lipinski definition) is 3. The second-order valence-electron chi connectivity index (χ2n) is 3.64. The third-order valence-corrected chi connectivity index (χ3v) is 2.28. The van der Waals surface area contributed by atoms with E-state index in [0.29, 0.717) is 5.75 Å². The molecular formula is C13H15NO4. The van der Waals surface area contributed by atoms with Crippen molar-refractivity contribution in [1.82, 2.24) is 5.32 Å². The van der Waals surface area contributed by atoms with Gasteiger partial charge in [0.25, 0.3) is 0 Å². The first-order valence-corrected chi connectivity index (χ1v) is 5.39. The van der Waals surface area contributed by atoms with Crippen molar-refractivity contribution in [2.75, 3.05) is 7.11 Å². The van der Waals surface area contributed by atoms with Gasteiger partial charge >= 0.3 is 5.97 Å². The highest BCUT2D eigenvalue weighted by Gasteiger charge is 2.11. The minimum absolute atomic E-state index is 0.462. The molecule has 0 aliphatic heterocycles. The molecule has 0 unspecified atom stereocenters. The van der Waals surface area contributed by atoms with Gasteiger partial charge in [-0.1, -0.05) is 18.2 Å². The summed E-state index contributed by atoms with van der Waals surface area (Å²) in [5.74, 6) is -0.891. The summed E-state index contributed by atoms with van der Waals surface area (Å²) in [6.07, 6.45) is 2.85. The minimum atomic E-state index is -1.07. The van der Waals surface area contributed by atoms with Crippen molar-refractivity contribution in [3.8, 4) is 5.75 Å². The van der Waals surface area contributed by atoms with Gasteiger partial charge in [0, 0.05) is 11.6 Å². The van der Waals surface area contributed by atoms with E-state index in [1.165, 1.54) is 13.0 Å². The van der Waals surface area contributed by atoms with Crippen molar-refractivity contribution < 1.29 is 19.4 Å². The van der Waals surface area contributed by atoms with Crippen LogP contribution in [0.1, 0.15) is 12.5 Å². The lowest BCUT2D eigenvalue weighted by molar-refractivity contribution is -0.140. The second-order valence-corrected chi connectivity index (χ2v) is 3.64. The largest absolute Gasteiger partial charge is 0.496 e. The Hall–Kier alpha value is -2.30. The van der Waals surface area contributed by atoms with Crippen molar-refractivity contribution >= 4 is 18.0 Å². The summed E-state index contributed by atoms with van der Waals surface area (Å²) in [7, 11) is 1.54. The van der Waals surface area contributed by atoms with E-state index in [9.17, 15) is 9.59 Å². The zero-order valence-electron chi connectivity index (χ0n) is 10.2. The minimum Gasteiger partial charge on any atom is -0.496 e. The molecule has 0 aliphatic rings. The van der Waals surface area contributed by atoms with Crippen LogP contribution in [-0.2, 0) is 9.59 Å². The normalized spacial score (nSPS) is 12.1. The average Bonchev–Trinajstić information content (AvgIpc) is 2.36. The highest BCUT2D eigenvalue weighted by molar-refractivity contribution is 5.94. The second kappa shape index (κ2) is 6.44. The van der Waals surface area contributed by atoms with Gasteiger partial charge in [-0.05, 0) is 19.1 Å². The van der Waals surface area contributed by atoms with E-state index in [4.69, 9.17) is 9.84 Å². The molecule has 96 valence electrons. The highest BCUT2D eigenvalue weighted by Crippen LogP contribution is 2.18. The Balaban J connectivity index is 2.69. The quantitative estimate of drug-likeness (QED) is 0.771. The first kappa shape index (κ1) is 13.8. The Morgan fingerprint density at radius 3 is 2.67 bits per heavy atom. The number of rotatable bonds is 5. The number of benzene rings is 1. The van der Waals surface area contributed by atoms with E-state index in [0.717, 1.165) is 5.56 Å². The zero-order valence-corrected chi connectivity index (χ0v) is 10.2. The van der Waals surface area contributed by atoms with Crippen molar-refractivity contribution in [3.05, 3.63) is 35.9 Å². The molecule has 0 saturated heterocycles. The van der Waals surface area contributed by atoms with Crippen LogP contribution in [0.15, 0.2) is 30.3 Å². The number of carbonyl (C=O) groups is 2. The predicted molar refractivity (Wildman–Crippen MR) is 67.3 cm³/mol. The van der Waals surface area contributed by atoms with Gasteiger partial charge in [0.15, 0.2) is 0 Å². The number of methoxy groups -OCH3 is 1. The zero-order chi connectivity index (χ0) is 13.5. The molecule has 0 radical (unpaired) electrons. The molecule has 1 aromatic carbocycles. The van der Waals surface area contributed by atoms with E-state index < -0.39 is 17.9 Å². The molecular weight excluding hydrogens is 234 g/mol. The highest BCUT2D eigenvalue weighted by atomic mass is 16.5. The molecule has 1 amide bonds. The fraction of sp³-hybridized carbons (Fsp3) is 0.231. The summed E-state index contributed by atoms with van der Waals surface area (Å²) in [5.41, 5.74) is 0.748. The number of carboxylic acid groups (broad SMARTS) is 1. The Morgan fingerprint density at radius 2 is 2.06 bits per heavy atom. The number of para-hydroxylation sites is 1. The SMILES string of the molecule is COc1ccccc1/C=C/C(=O)N[C@H](C)C(=O)O. The Kier molecular flexibility index (Phi) is 4.92. The third-order valence-electron chi connectivity index (χ3n) is 2.28. The van der Waals surface area contributed by atoms with Gasteiger partial charge in [0.1, 0.15) is 11.8 Å². The van der Waals surface area contributed by atoms with Crippen molar-refractivity contribution in [1.29, 1.82) is 0 Å². The van der Waals surface area contributed by atoms with Gasteiger partial charge in [-0.15, -0.1) is 0 Å². The maximum absolute atomic E-state index is 11.4. The van der Waals surface area contributed by atoms with Crippen LogP contribution in [0, 0.1) is 0 Å². The van der Waals surface area contributed by atoms with Crippen LogP contribution < -0.4 is 10.1 Å². The van der Waals surface area contributed by atoms with Crippen molar-refractivity contribution in [3.63, 3.8) is 0 Å². The molecule has 0 aliphatic carbocycles. The number of aliphatic carboxylic acids is 1. The summed E-state index contributed by atoms with van der Waals surface area (Å²) < 4.78 is 5.12. The van der Waals surface area contributed by atoms with E-state index in [2.05, 4.69) is 5.32 Å². The van der Waals surface area contributed by atoms with E-state index in [-0.39, 0.29) is 0 Å². The molecule has 5 heteroatoms. The van der Waals surface area contributed by atoms with Crippen LogP contribution in [0.5, 0.6) is 5.75 Å². The lowest BCUT2D eigenvalue weighted by Gasteiger charge is -2.06. The molecule has 0 heterocycles. The molecule has 2 N–H and O–H groups in total. The predicted octanol–water partition coefficient (Wildman–Crippen LogP) is 1.30. The summed E-state index contributed by atoms with van der Waals surface area (Å²) in [4.78, 5) is 22.0. The number of nitrogens with one attached hydrogen (secondary N) is 1. The molecule has 1 atom stereocenters. The first-order chi connectivity index (χ1) is 8.54. The van der Waals surface area contributed by atoms with Gasteiger partial charge < -0.3 is 15.2 Å². The van der Waals surface area contributed by atoms with E-state index in [1.54, 1.807) is 25.3 Å². The topological polar surface area (TPSA) is 75.6 Å². The number of hydrogen-bond donors (Lipinski definition) is 2. The van der Waals surface area contributed by atoms with E-state index in [1.807, 2.05) is 12.1 Å². The van der Waals surface area contributed by atoms with Gasteiger partial charge in [-0.25, -0.2) is 0 Å². The van der Waals surface area contributed by atoms with Crippen LogP contribution in [0.3, 0.4) is 0 Å². The van der Waals surface area contributed by atoms with Crippen molar-refractivity contribution in [2.24, 2.45) is 0 Å². The first-order valence-electron chi connectivity index (χ1n) is 5.39. The smallest absolute Gasteiger partial charge is 0.325 e. The van der Waals surface area contributed by atoms with Crippen LogP contribution in [0.2, 0.25) is 0 Å². The number of ether oxygens (including phenoxy) is 1. The number of carbonyl (C=O) groups excluding carboxylic acids is 1.